The Morgan fingerprint density at radius 1 is 0.750 bits per heavy atom. The molecule has 16 heteroatoms. The first-order valence-corrected chi connectivity index (χ1v) is 20.2. The Balaban J connectivity index is 0.000000416. The molecular formula is C44H58FN7O8. The number of likely N-dealkylation sites (tertiary alicyclic amines) is 2. The molecule has 324 valence electrons. The van der Waals surface area contributed by atoms with Crippen LogP contribution in [0.1, 0.15) is 64.5 Å². The van der Waals surface area contributed by atoms with Gasteiger partial charge in [0.05, 0.1) is 14.2 Å². The number of ether oxygens (including phenoxy) is 2. The Kier molecular flexibility index (Phi) is 17.7. The summed E-state index contributed by atoms with van der Waals surface area (Å²) in [7, 11) is 2.54. The molecule has 0 radical (unpaired) electrons. The molecule has 15 nitrogen and oxygen atoms in total. The molecule has 2 saturated heterocycles. The number of benzene rings is 3. The van der Waals surface area contributed by atoms with Gasteiger partial charge in [-0.3, -0.25) is 19.2 Å². The molecule has 60 heavy (non-hydrogen) atoms. The van der Waals surface area contributed by atoms with Gasteiger partial charge in [-0.05, 0) is 97.2 Å². The summed E-state index contributed by atoms with van der Waals surface area (Å²) in [6, 6.07) is 19.2. The van der Waals surface area contributed by atoms with Crippen molar-refractivity contribution in [3.05, 3.63) is 89.7 Å². The number of methoxy groups -OCH3 is 2. The molecule has 3 unspecified atom stereocenters. The molecule has 0 aliphatic carbocycles. The molecule has 0 bridgehead atoms. The van der Waals surface area contributed by atoms with Gasteiger partial charge in [-0.1, -0.05) is 52.0 Å². The van der Waals surface area contributed by atoms with Gasteiger partial charge in [-0.25, -0.2) is 14.0 Å². The largest absolute Gasteiger partial charge is 0.453 e. The highest BCUT2D eigenvalue weighted by atomic mass is 19.1. The number of carbonyl (C=O) groups is 6. The third-order valence-electron chi connectivity index (χ3n) is 10.3. The average Bonchev–Trinajstić information content (AvgIpc) is 3.96. The van der Waals surface area contributed by atoms with Gasteiger partial charge in [0.15, 0.2) is 0 Å². The van der Waals surface area contributed by atoms with Crippen LogP contribution < -0.4 is 26.2 Å². The predicted molar refractivity (Wildman–Crippen MR) is 226 cm³/mol. The normalized spacial score (nSPS) is 15.6. The number of carbonyl (C=O) groups excluding carboxylic acids is 6. The number of alkyl carbamates (subject to hydrolysis) is 2. The van der Waals surface area contributed by atoms with Crippen LogP contribution in [0.2, 0.25) is 0 Å². The molecule has 3 aromatic carbocycles. The van der Waals surface area contributed by atoms with Crippen molar-refractivity contribution < 1.29 is 42.6 Å². The zero-order valence-corrected chi connectivity index (χ0v) is 35.2. The van der Waals surface area contributed by atoms with E-state index >= 15 is 0 Å². The zero-order valence-electron chi connectivity index (χ0n) is 35.2. The second-order valence-corrected chi connectivity index (χ2v) is 15.4. The quantitative estimate of drug-likeness (QED) is 0.136. The van der Waals surface area contributed by atoms with E-state index in [-0.39, 0.29) is 35.4 Å². The molecule has 2 fully saturated rings. The fourth-order valence-electron chi connectivity index (χ4n) is 7.15. The lowest BCUT2D eigenvalue weighted by Crippen LogP contribution is -2.54. The van der Waals surface area contributed by atoms with Crippen LogP contribution in [0.15, 0.2) is 72.8 Å². The zero-order chi connectivity index (χ0) is 43.8. The van der Waals surface area contributed by atoms with Crippen molar-refractivity contribution in [3.8, 4) is 0 Å². The Labute approximate surface area is 351 Å². The lowest BCUT2D eigenvalue weighted by atomic mass is 10.0. The first-order chi connectivity index (χ1) is 28.7. The maximum absolute atomic E-state index is 13.7. The van der Waals surface area contributed by atoms with Gasteiger partial charge in [0.25, 0.3) is 0 Å². The molecule has 2 aliphatic heterocycles. The topological polar surface area (TPSA) is 179 Å². The Bertz CT molecular complexity index is 1920. The van der Waals surface area contributed by atoms with Crippen molar-refractivity contribution in [2.75, 3.05) is 49.4 Å². The number of nitrogens with one attached hydrogen (secondary N) is 4. The van der Waals surface area contributed by atoms with E-state index in [4.69, 9.17) is 0 Å². The number of nitrogens with zero attached hydrogens (tertiary/aromatic N) is 3. The van der Waals surface area contributed by atoms with E-state index in [0.717, 1.165) is 42.7 Å². The van der Waals surface area contributed by atoms with Crippen molar-refractivity contribution >= 4 is 53.4 Å². The molecule has 0 spiro atoms. The van der Waals surface area contributed by atoms with E-state index in [1.807, 2.05) is 64.1 Å². The monoisotopic (exact) mass is 831 g/mol. The van der Waals surface area contributed by atoms with E-state index in [9.17, 15) is 33.2 Å². The first kappa shape index (κ1) is 46.5. The second-order valence-electron chi connectivity index (χ2n) is 15.4. The number of anilines is 3. The lowest BCUT2D eigenvalue weighted by molar-refractivity contribution is -0.139. The summed E-state index contributed by atoms with van der Waals surface area (Å²) in [4.78, 5) is 78.2. The molecule has 5 rings (SSSR count). The van der Waals surface area contributed by atoms with Crippen LogP contribution in [0.25, 0.3) is 0 Å². The molecule has 2 heterocycles. The smallest absolute Gasteiger partial charge is 0.407 e. The molecule has 3 atom stereocenters. The summed E-state index contributed by atoms with van der Waals surface area (Å²) < 4.78 is 22.9. The highest BCUT2D eigenvalue weighted by molar-refractivity contribution is 5.98. The third kappa shape index (κ3) is 13.4. The Morgan fingerprint density at radius 2 is 1.28 bits per heavy atom. The molecule has 6 amide bonds. The first-order valence-electron chi connectivity index (χ1n) is 20.2. The van der Waals surface area contributed by atoms with Gasteiger partial charge in [0.1, 0.15) is 23.9 Å². The van der Waals surface area contributed by atoms with E-state index in [1.54, 1.807) is 29.2 Å². The van der Waals surface area contributed by atoms with Gasteiger partial charge in [-0.2, -0.15) is 0 Å². The van der Waals surface area contributed by atoms with Crippen LogP contribution in [0.4, 0.5) is 31.0 Å². The van der Waals surface area contributed by atoms with Crippen LogP contribution in [0.5, 0.6) is 0 Å². The third-order valence-corrected chi connectivity index (χ3v) is 10.3. The van der Waals surface area contributed by atoms with Crippen LogP contribution >= 0.6 is 0 Å². The highest BCUT2D eigenvalue weighted by Gasteiger charge is 2.39. The standard InChI is InChI=1S/C33H38FN5O5.C11H20N2O3/c1-22(2)30(37-33(43)44-3)32(42)39-16-6-11-29(39)31(41)36-27-10-5-8-24(18-27)20-38(28-14-12-25(34)13-15-28)19-23-7-4-9-26(17-23)35-21-40;1-8(2)9(12-11(15)16-3)10(14)13-6-4-5-7-13/h4-5,7-10,12-15,17-18,21-22,29-30H,6,11,16,19-20H2,1-3H3,(H,35,40)(H,36,41)(H,37,43);8-9H,4-7H2,1-3H3,(H,12,15). The van der Waals surface area contributed by atoms with E-state index in [2.05, 4.69) is 35.6 Å². The van der Waals surface area contributed by atoms with Gasteiger partial charge >= 0.3 is 12.2 Å². The van der Waals surface area contributed by atoms with Gasteiger partial charge in [0, 0.05) is 49.8 Å². The van der Waals surface area contributed by atoms with Crippen molar-refractivity contribution in [2.24, 2.45) is 11.8 Å². The summed E-state index contributed by atoms with van der Waals surface area (Å²) in [5.41, 5.74) is 3.89. The molecule has 4 N–H and O–H groups in total. The van der Waals surface area contributed by atoms with Crippen LogP contribution in [0.3, 0.4) is 0 Å². The summed E-state index contributed by atoms with van der Waals surface area (Å²) in [6.07, 6.45) is 2.66. The van der Waals surface area contributed by atoms with Crippen LogP contribution in [0, 0.1) is 17.7 Å². The Morgan fingerprint density at radius 3 is 1.82 bits per heavy atom. The van der Waals surface area contributed by atoms with Crippen molar-refractivity contribution in [2.45, 2.75) is 84.6 Å². The number of halogens is 1. The van der Waals surface area contributed by atoms with E-state index in [1.165, 1.54) is 31.3 Å². The fraction of sp³-hybridized carbons (Fsp3) is 0.455. The molecule has 2 aliphatic rings. The lowest BCUT2D eigenvalue weighted by Gasteiger charge is -2.30. The minimum Gasteiger partial charge on any atom is -0.453 e. The minimum absolute atomic E-state index is 0.00194. The summed E-state index contributed by atoms with van der Waals surface area (Å²) in [5.74, 6) is -1.10. The molecule has 0 aromatic heterocycles. The van der Waals surface area contributed by atoms with Crippen LogP contribution in [-0.2, 0) is 41.7 Å². The highest BCUT2D eigenvalue weighted by Crippen LogP contribution is 2.25. The molecule has 0 saturated carbocycles. The maximum atomic E-state index is 13.7. The number of rotatable bonds is 15. The van der Waals surface area contributed by atoms with Crippen molar-refractivity contribution in [3.63, 3.8) is 0 Å². The van der Waals surface area contributed by atoms with Crippen molar-refractivity contribution in [1.29, 1.82) is 0 Å². The molecular weight excluding hydrogens is 774 g/mol. The maximum Gasteiger partial charge on any atom is 0.407 e. The second kappa shape index (κ2) is 22.8. The Hall–Kier alpha value is -6.19. The van der Waals surface area contributed by atoms with Gasteiger partial charge in [-0.15, -0.1) is 0 Å². The SMILES string of the molecule is COC(=O)NC(C(=O)N1CCCC1)C(C)C.COC(=O)NC(C(=O)N1CCCC1C(=O)Nc1cccc(CN(Cc2cccc(NC=O)c2)c2ccc(F)cc2)c1)C(C)C. The predicted octanol–water partition coefficient (Wildman–Crippen LogP) is 5.90. The van der Waals surface area contributed by atoms with Gasteiger partial charge < -0.3 is 45.4 Å². The average molecular weight is 832 g/mol. The number of hydrogen-bond acceptors (Lipinski definition) is 9. The van der Waals surface area contributed by atoms with E-state index < -0.39 is 30.3 Å². The minimum atomic E-state index is -0.813. The number of amides is 6. The van der Waals surface area contributed by atoms with Crippen LogP contribution in [-0.4, -0.2) is 98.1 Å². The number of hydrogen-bond donors (Lipinski definition) is 4. The molecule has 3 aromatic rings. The van der Waals surface area contributed by atoms with Gasteiger partial charge in [0.2, 0.25) is 24.1 Å². The van der Waals surface area contributed by atoms with Crippen molar-refractivity contribution in [1.82, 2.24) is 20.4 Å². The summed E-state index contributed by atoms with van der Waals surface area (Å²) in [6.45, 7) is 10.4. The van der Waals surface area contributed by atoms with E-state index in [0.29, 0.717) is 50.3 Å². The summed E-state index contributed by atoms with van der Waals surface area (Å²) >= 11 is 0. The summed E-state index contributed by atoms with van der Waals surface area (Å²) in [5, 5.41) is 10.8. The fourth-order valence-corrected chi connectivity index (χ4v) is 7.15.